The predicted octanol–water partition coefficient (Wildman–Crippen LogP) is 3.81. The van der Waals surface area contributed by atoms with E-state index in [4.69, 9.17) is 11.6 Å². The highest BCUT2D eigenvalue weighted by Gasteiger charge is 2.14. The summed E-state index contributed by atoms with van der Waals surface area (Å²) in [5.74, 6) is -0.108. The minimum Gasteiger partial charge on any atom is -0.352 e. The smallest absolute Gasteiger partial charge is 0.254 e. The summed E-state index contributed by atoms with van der Waals surface area (Å²) in [4.78, 5) is 12.4. The molecule has 0 aliphatic heterocycles. The molecule has 0 unspecified atom stereocenters. The molecule has 0 bridgehead atoms. The van der Waals surface area contributed by atoms with E-state index in [1.165, 1.54) is 0 Å². The lowest BCUT2D eigenvalue weighted by molar-refractivity contribution is 0.0953. The maximum Gasteiger partial charge on any atom is 0.254 e. The molecule has 0 spiro atoms. The molecule has 2 aromatic carbocycles. The number of carbonyl (C=O) groups excluding carboxylic acids is 1. The maximum atomic E-state index is 12.4. The number of halogens is 1. The third kappa shape index (κ3) is 3.66. The molecule has 24 heavy (non-hydrogen) atoms. The molecule has 0 atom stereocenters. The summed E-state index contributed by atoms with van der Waals surface area (Å²) in [5.41, 5.74) is 3.49. The quantitative estimate of drug-likeness (QED) is 0.768. The van der Waals surface area contributed by atoms with Crippen LogP contribution >= 0.6 is 11.6 Å². The zero-order valence-electron chi connectivity index (χ0n) is 13.4. The van der Waals surface area contributed by atoms with Gasteiger partial charge >= 0.3 is 0 Å². The van der Waals surface area contributed by atoms with E-state index in [0.717, 1.165) is 23.4 Å². The van der Waals surface area contributed by atoms with Crippen molar-refractivity contribution in [3.05, 3.63) is 82.6 Å². The average molecular weight is 340 g/mol. The van der Waals surface area contributed by atoms with Crippen LogP contribution in [0.5, 0.6) is 0 Å². The summed E-state index contributed by atoms with van der Waals surface area (Å²) in [5, 5.41) is 7.98. The topological polar surface area (TPSA) is 46.9 Å². The van der Waals surface area contributed by atoms with Gasteiger partial charge in [0.1, 0.15) is 0 Å². The van der Waals surface area contributed by atoms with E-state index < -0.39 is 0 Å². The molecule has 122 valence electrons. The van der Waals surface area contributed by atoms with E-state index in [1.54, 1.807) is 10.9 Å². The summed E-state index contributed by atoms with van der Waals surface area (Å²) in [6.07, 6.45) is 2.37. The molecule has 0 saturated heterocycles. The first-order chi connectivity index (χ1) is 11.6. The molecule has 0 fully saturated rings. The number of carbonyl (C=O) groups is 1. The minimum absolute atomic E-state index is 0.108. The molecule has 0 radical (unpaired) electrons. The fourth-order valence-corrected chi connectivity index (χ4v) is 2.65. The van der Waals surface area contributed by atoms with Crippen LogP contribution < -0.4 is 5.32 Å². The molecule has 0 saturated carbocycles. The highest BCUT2D eigenvalue weighted by molar-refractivity contribution is 6.30. The molecule has 1 amide bonds. The van der Waals surface area contributed by atoms with Crippen molar-refractivity contribution in [1.82, 2.24) is 15.1 Å². The number of aromatic nitrogens is 2. The standard InChI is InChI=1S/C19H18ClN3O/c1-14-18(13-22-23(14)17-5-3-2-4-6-17)19(24)21-12-11-15-7-9-16(20)10-8-15/h2-10,13H,11-12H2,1H3,(H,21,24). The molecular weight excluding hydrogens is 322 g/mol. The molecule has 0 aliphatic rings. The molecule has 3 aromatic rings. The van der Waals surface area contributed by atoms with Gasteiger partial charge < -0.3 is 5.32 Å². The number of benzene rings is 2. The van der Waals surface area contributed by atoms with Crippen molar-refractivity contribution in [1.29, 1.82) is 0 Å². The number of rotatable bonds is 5. The van der Waals surface area contributed by atoms with Crippen LogP contribution in [-0.2, 0) is 6.42 Å². The van der Waals surface area contributed by atoms with Crippen molar-refractivity contribution in [3.8, 4) is 5.69 Å². The van der Waals surface area contributed by atoms with E-state index in [-0.39, 0.29) is 5.91 Å². The Morgan fingerprint density at radius 1 is 1.12 bits per heavy atom. The maximum absolute atomic E-state index is 12.4. The highest BCUT2D eigenvalue weighted by Crippen LogP contribution is 2.14. The lowest BCUT2D eigenvalue weighted by Gasteiger charge is -2.07. The minimum atomic E-state index is -0.108. The first kappa shape index (κ1) is 16.3. The predicted molar refractivity (Wildman–Crippen MR) is 95.8 cm³/mol. The van der Waals surface area contributed by atoms with Crippen molar-refractivity contribution >= 4 is 17.5 Å². The van der Waals surface area contributed by atoms with Crippen LogP contribution in [0.4, 0.5) is 0 Å². The van der Waals surface area contributed by atoms with Crippen molar-refractivity contribution in [2.45, 2.75) is 13.3 Å². The molecule has 1 heterocycles. The van der Waals surface area contributed by atoms with Gasteiger partial charge in [0.15, 0.2) is 0 Å². The van der Waals surface area contributed by atoms with Crippen molar-refractivity contribution in [3.63, 3.8) is 0 Å². The van der Waals surface area contributed by atoms with Gasteiger partial charge in [0.05, 0.1) is 23.1 Å². The average Bonchev–Trinajstić information content (AvgIpc) is 2.99. The third-order valence-corrected chi connectivity index (χ3v) is 4.12. The number of nitrogens with zero attached hydrogens (tertiary/aromatic N) is 2. The fourth-order valence-electron chi connectivity index (χ4n) is 2.53. The molecule has 0 aliphatic carbocycles. The van der Waals surface area contributed by atoms with E-state index in [0.29, 0.717) is 17.1 Å². The van der Waals surface area contributed by atoms with Crippen molar-refractivity contribution < 1.29 is 4.79 Å². The number of amides is 1. The monoisotopic (exact) mass is 339 g/mol. The first-order valence-electron chi connectivity index (χ1n) is 7.78. The Hall–Kier alpha value is -2.59. The van der Waals surface area contributed by atoms with Gasteiger partial charge in [0.2, 0.25) is 0 Å². The van der Waals surface area contributed by atoms with E-state index in [9.17, 15) is 4.79 Å². The third-order valence-electron chi connectivity index (χ3n) is 3.87. The summed E-state index contributed by atoms with van der Waals surface area (Å²) >= 11 is 5.87. The zero-order chi connectivity index (χ0) is 16.9. The van der Waals surface area contributed by atoms with Gasteiger partial charge in [-0.1, -0.05) is 41.9 Å². The van der Waals surface area contributed by atoms with E-state index in [1.807, 2.05) is 61.5 Å². The molecular formula is C19H18ClN3O. The van der Waals surface area contributed by atoms with E-state index >= 15 is 0 Å². The van der Waals surface area contributed by atoms with E-state index in [2.05, 4.69) is 10.4 Å². The SMILES string of the molecule is Cc1c(C(=O)NCCc2ccc(Cl)cc2)cnn1-c1ccccc1. The van der Waals surface area contributed by atoms with Crippen LogP contribution in [0.15, 0.2) is 60.8 Å². The second-order valence-electron chi connectivity index (χ2n) is 5.52. The van der Waals surface area contributed by atoms with Gasteiger partial charge in [-0.2, -0.15) is 5.10 Å². The summed E-state index contributed by atoms with van der Waals surface area (Å²) < 4.78 is 1.77. The van der Waals surface area contributed by atoms with Crippen molar-refractivity contribution in [2.75, 3.05) is 6.54 Å². The van der Waals surface area contributed by atoms with Crippen LogP contribution in [0.2, 0.25) is 5.02 Å². The Bertz CT molecular complexity index is 826. The Kier molecular flexibility index (Phi) is 4.96. The lowest BCUT2D eigenvalue weighted by atomic mass is 10.1. The van der Waals surface area contributed by atoms with Gasteiger partial charge in [0, 0.05) is 11.6 Å². The first-order valence-corrected chi connectivity index (χ1v) is 8.15. The largest absolute Gasteiger partial charge is 0.352 e. The van der Waals surface area contributed by atoms with Gasteiger partial charge in [-0.05, 0) is 43.2 Å². The summed E-state index contributed by atoms with van der Waals surface area (Å²) in [6.45, 7) is 2.46. The van der Waals surface area contributed by atoms with Gasteiger partial charge in [-0.15, -0.1) is 0 Å². The van der Waals surface area contributed by atoms with Crippen LogP contribution in [0.1, 0.15) is 21.6 Å². The molecule has 5 heteroatoms. The number of hydrogen-bond acceptors (Lipinski definition) is 2. The number of para-hydroxylation sites is 1. The van der Waals surface area contributed by atoms with Crippen LogP contribution in [-0.4, -0.2) is 22.2 Å². The van der Waals surface area contributed by atoms with Gasteiger partial charge in [-0.3, -0.25) is 4.79 Å². The number of hydrogen-bond donors (Lipinski definition) is 1. The number of nitrogens with one attached hydrogen (secondary N) is 1. The summed E-state index contributed by atoms with van der Waals surface area (Å²) in [7, 11) is 0. The lowest BCUT2D eigenvalue weighted by Crippen LogP contribution is -2.26. The van der Waals surface area contributed by atoms with Crippen LogP contribution in [0.25, 0.3) is 5.69 Å². The second kappa shape index (κ2) is 7.32. The molecule has 4 nitrogen and oxygen atoms in total. The molecule has 3 rings (SSSR count). The zero-order valence-corrected chi connectivity index (χ0v) is 14.1. The second-order valence-corrected chi connectivity index (χ2v) is 5.96. The van der Waals surface area contributed by atoms with Crippen LogP contribution in [0, 0.1) is 6.92 Å². The van der Waals surface area contributed by atoms with Gasteiger partial charge in [-0.25, -0.2) is 4.68 Å². The normalized spacial score (nSPS) is 10.6. The Morgan fingerprint density at radius 2 is 1.83 bits per heavy atom. The fraction of sp³-hybridized carbons (Fsp3) is 0.158. The van der Waals surface area contributed by atoms with Gasteiger partial charge in [0.25, 0.3) is 5.91 Å². The Labute approximate surface area is 146 Å². The Morgan fingerprint density at radius 3 is 2.54 bits per heavy atom. The van der Waals surface area contributed by atoms with Crippen LogP contribution in [0.3, 0.4) is 0 Å². The summed E-state index contributed by atoms with van der Waals surface area (Å²) in [6, 6.07) is 17.4. The highest BCUT2D eigenvalue weighted by atomic mass is 35.5. The molecule has 1 N–H and O–H groups in total. The van der Waals surface area contributed by atoms with Crippen molar-refractivity contribution in [2.24, 2.45) is 0 Å². The molecule has 1 aromatic heterocycles. The Balaban J connectivity index is 1.63.